The summed E-state index contributed by atoms with van der Waals surface area (Å²) in [5, 5.41) is 8.01. The molecule has 1 saturated heterocycles. The van der Waals surface area contributed by atoms with Gasteiger partial charge in [-0.15, -0.1) is 0 Å². The highest BCUT2D eigenvalue weighted by molar-refractivity contribution is 7.99. The van der Waals surface area contributed by atoms with Crippen molar-refractivity contribution in [3.8, 4) is 0 Å². The minimum absolute atomic E-state index is 0.109. The number of piperidine rings is 1. The highest BCUT2D eigenvalue weighted by Crippen LogP contribution is 2.29. The lowest BCUT2D eigenvalue weighted by molar-refractivity contribution is 0.165. The zero-order valence-corrected chi connectivity index (χ0v) is 13.3. The molecule has 1 aliphatic carbocycles. The Morgan fingerprint density at radius 2 is 2.10 bits per heavy atom. The van der Waals surface area contributed by atoms with E-state index in [9.17, 15) is 4.79 Å². The monoisotopic (exact) mass is 309 g/mol. The highest BCUT2D eigenvalue weighted by Gasteiger charge is 2.30. The van der Waals surface area contributed by atoms with E-state index in [2.05, 4.69) is 21.7 Å². The van der Waals surface area contributed by atoms with Gasteiger partial charge < -0.3 is 10.2 Å². The number of amides is 2. The fraction of sp³-hybridized carbons (Fsp3) is 0.786. The summed E-state index contributed by atoms with van der Waals surface area (Å²) >= 11 is 1.88. The molecule has 7 heteroatoms. The summed E-state index contributed by atoms with van der Waals surface area (Å²) in [6.45, 7) is 1.60. The van der Waals surface area contributed by atoms with Crippen LogP contribution >= 0.6 is 11.8 Å². The van der Waals surface area contributed by atoms with E-state index < -0.39 is 0 Å². The van der Waals surface area contributed by atoms with Crippen LogP contribution in [-0.4, -0.2) is 56.3 Å². The predicted octanol–water partition coefficient (Wildman–Crippen LogP) is 1.91. The van der Waals surface area contributed by atoms with E-state index in [0.29, 0.717) is 17.3 Å². The maximum atomic E-state index is 12.4. The van der Waals surface area contributed by atoms with E-state index in [1.54, 1.807) is 12.7 Å². The molecule has 1 aliphatic heterocycles. The fourth-order valence-electron chi connectivity index (χ4n) is 3.36. The summed E-state index contributed by atoms with van der Waals surface area (Å²) in [5.74, 6) is 0. The van der Waals surface area contributed by atoms with Gasteiger partial charge in [-0.05, 0) is 31.9 Å². The van der Waals surface area contributed by atoms with E-state index in [1.807, 2.05) is 21.3 Å². The molecule has 0 spiro atoms. The van der Waals surface area contributed by atoms with Crippen molar-refractivity contribution in [2.45, 2.75) is 49.4 Å². The van der Waals surface area contributed by atoms with Crippen molar-refractivity contribution in [3.63, 3.8) is 0 Å². The zero-order chi connectivity index (χ0) is 14.7. The third-order valence-corrected chi connectivity index (χ3v) is 5.80. The lowest BCUT2D eigenvalue weighted by Crippen LogP contribution is -2.49. The Labute approximate surface area is 129 Å². The summed E-state index contributed by atoms with van der Waals surface area (Å²) in [6, 6.07) is 0.834. The quantitative estimate of drug-likeness (QED) is 0.926. The molecule has 2 atom stereocenters. The third-order valence-electron chi connectivity index (χ3n) is 4.63. The standard InChI is InChI=1S/C14H23N5OS/c1-21-13-4-2-3-12(13)17-14(20)18-7-5-11(6-8-18)19-10-15-9-16-19/h9-13H,2-8H2,1H3,(H,17,20)/t12-,13+/m1/s1. The Kier molecular flexibility index (Phi) is 4.67. The number of likely N-dealkylation sites (tertiary alicyclic amines) is 1. The molecule has 3 rings (SSSR count). The second-order valence-corrected chi connectivity index (χ2v) is 6.93. The maximum absolute atomic E-state index is 12.4. The summed E-state index contributed by atoms with van der Waals surface area (Å²) in [4.78, 5) is 18.3. The molecular weight excluding hydrogens is 286 g/mol. The molecule has 21 heavy (non-hydrogen) atoms. The largest absolute Gasteiger partial charge is 0.334 e. The molecule has 116 valence electrons. The fourth-order valence-corrected chi connectivity index (χ4v) is 4.30. The average molecular weight is 309 g/mol. The van der Waals surface area contributed by atoms with Crippen molar-refractivity contribution in [2.75, 3.05) is 19.3 Å². The Hall–Kier alpha value is -1.24. The Morgan fingerprint density at radius 3 is 2.76 bits per heavy atom. The number of hydrogen-bond donors (Lipinski definition) is 1. The van der Waals surface area contributed by atoms with Gasteiger partial charge in [-0.25, -0.2) is 14.5 Å². The van der Waals surface area contributed by atoms with Crippen LogP contribution in [0.15, 0.2) is 12.7 Å². The van der Waals surface area contributed by atoms with Gasteiger partial charge in [0.05, 0.1) is 6.04 Å². The minimum atomic E-state index is 0.109. The SMILES string of the molecule is CS[C@H]1CCC[C@H]1NC(=O)N1CCC(n2cncn2)CC1. The number of thioether (sulfide) groups is 1. The van der Waals surface area contributed by atoms with Gasteiger partial charge in [0.25, 0.3) is 0 Å². The van der Waals surface area contributed by atoms with Crippen molar-refractivity contribution in [3.05, 3.63) is 12.7 Å². The van der Waals surface area contributed by atoms with Gasteiger partial charge in [0, 0.05) is 24.4 Å². The van der Waals surface area contributed by atoms with Crippen LogP contribution in [0.25, 0.3) is 0 Å². The van der Waals surface area contributed by atoms with Crippen molar-refractivity contribution in [2.24, 2.45) is 0 Å². The van der Waals surface area contributed by atoms with Gasteiger partial charge in [-0.3, -0.25) is 0 Å². The lowest BCUT2D eigenvalue weighted by Gasteiger charge is -2.33. The lowest BCUT2D eigenvalue weighted by atomic mass is 10.1. The number of nitrogens with one attached hydrogen (secondary N) is 1. The Balaban J connectivity index is 1.49. The Morgan fingerprint density at radius 1 is 1.29 bits per heavy atom. The van der Waals surface area contributed by atoms with Gasteiger partial charge in [-0.2, -0.15) is 16.9 Å². The zero-order valence-electron chi connectivity index (χ0n) is 12.4. The first-order valence-electron chi connectivity index (χ1n) is 7.70. The molecule has 0 bridgehead atoms. The summed E-state index contributed by atoms with van der Waals surface area (Å²) in [5.41, 5.74) is 0. The Bertz CT molecular complexity index is 458. The summed E-state index contributed by atoms with van der Waals surface area (Å²) in [7, 11) is 0. The van der Waals surface area contributed by atoms with Crippen molar-refractivity contribution >= 4 is 17.8 Å². The molecule has 2 aliphatic rings. The van der Waals surface area contributed by atoms with Gasteiger partial charge in [0.15, 0.2) is 0 Å². The number of carbonyl (C=O) groups is 1. The van der Waals surface area contributed by atoms with E-state index in [-0.39, 0.29) is 6.03 Å². The molecule has 2 heterocycles. The number of carbonyl (C=O) groups excluding carboxylic acids is 1. The van der Waals surface area contributed by atoms with Gasteiger partial charge >= 0.3 is 6.03 Å². The van der Waals surface area contributed by atoms with Crippen molar-refractivity contribution in [1.29, 1.82) is 0 Å². The van der Waals surface area contributed by atoms with E-state index in [1.165, 1.54) is 12.8 Å². The number of hydrogen-bond acceptors (Lipinski definition) is 4. The first-order chi connectivity index (χ1) is 10.3. The molecule has 6 nitrogen and oxygen atoms in total. The van der Waals surface area contributed by atoms with E-state index in [0.717, 1.165) is 32.4 Å². The summed E-state index contributed by atoms with van der Waals surface area (Å²) < 4.78 is 1.91. The second kappa shape index (κ2) is 6.68. The second-order valence-electron chi connectivity index (χ2n) is 5.85. The van der Waals surface area contributed by atoms with Gasteiger partial charge in [0.2, 0.25) is 0 Å². The molecule has 1 N–H and O–H groups in total. The molecule has 1 aromatic heterocycles. The van der Waals surface area contributed by atoms with Crippen LogP contribution in [0.2, 0.25) is 0 Å². The van der Waals surface area contributed by atoms with Gasteiger partial charge in [-0.1, -0.05) is 6.42 Å². The summed E-state index contributed by atoms with van der Waals surface area (Å²) in [6.07, 6.45) is 10.9. The molecule has 1 saturated carbocycles. The maximum Gasteiger partial charge on any atom is 0.317 e. The first-order valence-corrected chi connectivity index (χ1v) is 8.99. The average Bonchev–Trinajstić information content (AvgIpc) is 3.18. The molecular formula is C14H23N5OS. The normalized spacial score (nSPS) is 27.0. The molecule has 0 radical (unpaired) electrons. The predicted molar refractivity (Wildman–Crippen MR) is 83.3 cm³/mol. The molecule has 0 unspecified atom stereocenters. The van der Waals surface area contributed by atoms with Crippen LogP contribution in [0.5, 0.6) is 0 Å². The van der Waals surface area contributed by atoms with Crippen LogP contribution in [0.3, 0.4) is 0 Å². The molecule has 0 aromatic carbocycles. The number of nitrogens with zero attached hydrogens (tertiary/aromatic N) is 4. The van der Waals surface area contributed by atoms with Crippen LogP contribution in [0.4, 0.5) is 4.79 Å². The number of aromatic nitrogens is 3. The van der Waals surface area contributed by atoms with Crippen LogP contribution in [-0.2, 0) is 0 Å². The number of urea groups is 1. The number of rotatable bonds is 3. The van der Waals surface area contributed by atoms with Crippen LogP contribution in [0, 0.1) is 0 Å². The smallest absolute Gasteiger partial charge is 0.317 e. The van der Waals surface area contributed by atoms with Crippen molar-refractivity contribution in [1.82, 2.24) is 25.0 Å². The van der Waals surface area contributed by atoms with E-state index in [4.69, 9.17) is 0 Å². The minimum Gasteiger partial charge on any atom is -0.334 e. The first kappa shape index (κ1) is 14.7. The molecule has 2 amide bonds. The highest BCUT2D eigenvalue weighted by atomic mass is 32.2. The molecule has 1 aromatic rings. The third kappa shape index (κ3) is 3.33. The van der Waals surface area contributed by atoms with Gasteiger partial charge in [0.1, 0.15) is 12.7 Å². The van der Waals surface area contributed by atoms with Crippen LogP contribution in [0.1, 0.15) is 38.1 Å². The van der Waals surface area contributed by atoms with Crippen LogP contribution < -0.4 is 5.32 Å². The topological polar surface area (TPSA) is 63.1 Å². The molecule has 2 fully saturated rings. The van der Waals surface area contributed by atoms with E-state index >= 15 is 0 Å². The van der Waals surface area contributed by atoms with Crippen molar-refractivity contribution < 1.29 is 4.79 Å².